The molecule has 3 rings (SSSR count). The topological polar surface area (TPSA) is 105 Å². The number of aliphatic hydroxyl groups excluding tert-OH is 2. The van der Waals surface area contributed by atoms with E-state index in [4.69, 9.17) is 14.2 Å². The van der Waals surface area contributed by atoms with Gasteiger partial charge in [0.2, 0.25) is 0 Å². The van der Waals surface area contributed by atoms with Crippen molar-refractivity contribution in [1.29, 1.82) is 0 Å². The van der Waals surface area contributed by atoms with Crippen molar-refractivity contribution in [2.75, 3.05) is 6.61 Å². The number of allylic oxidation sites excluding steroid dienone is 1. The largest absolute Gasteiger partial charge is 0.507 e. The molecule has 1 aromatic rings. The van der Waals surface area contributed by atoms with Gasteiger partial charge in [0, 0.05) is 16.5 Å². The molecule has 8 heteroatoms. The first-order chi connectivity index (χ1) is 13.4. The summed E-state index contributed by atoms with van der Waals surface area (Å²) < 4.78 is 17.9. The van der Waals surface area contributed by atoms with E-state index in [2.05, 4.69) is 15.9 Å². The number of aromatic hydroxyl groups is 1. The van der Waals surface area contributed by atoms with Gasteiger partial charge >= 0.3 is 0 Å². The molecule has 2 aliphatic rings. The lowest BCUT2D eigenvalue weighted by molar-refractivity contribution is -0.325. The van der Waals surface area contributed by atoms with Gasteiger partial charge in [0.1, 0.15) is 30.2 Å². The third-order valence-corrected chi connectivity index (χ3v) is 5.40. The van der Waals surface area contributed by atoms with Crippen molar-refractivity contribution < 1.29 is 34.3 Å². The molecule has 0 radical (unpaired) electrons. The second-order valence-corrected chi connectivity index (χ2v) is 7.97. The molecule has 0 aliphatic carbocycles. The third kappa shape index (κ3) is 5.00. The Morgan fingerprint density at radius 1 is 1.29 bits per heavy atom. The normalized spacial score (nSPS) is 33.0. The van der Waals surface area contributed by atoms with Crippen LogP contribution in [0.25, 0.3) is 6.08 Å². The molecule has 0 saturated carbocycles. The van der Waals surface area contributed by atoms with Gasteiger partial charge in [-0.3, -0.25) is 4.79 Å². The summed E-state index contributed by atoms with van der Waals surface area (Å²) in [5.41, 5.74) is 0.490. The van der Waals surface area contributed by atoms with E-state index < -0.39 is 36.8 Å². The minimum atomic E-state index is -1.24. The molecule has 154 valence electrons. The Labute approximate surface area is 172 Å². The van der Waals surface area contributed by atoms with Crippen molar-refractivity contribution in [1.82, 2.24) is 0 Å². The zero-order valence-corrected chi connectivity index (χ0v) is 17.1. The summed E-state index contributed by atoms with van der Waals surface area (Å²) in [6, 6.07) is 4.90. The first kappa shape index (κ1) is 21.4. The molecule has 7 nitrogen and oxygen atoms in total. The van der Waals surface area contributed by atoms with Gasteiger partial charge in [-0.1, -0.05) is 29.3 Å². The third-order valence-electron chi connectivity index (χ3n) is 4.90. The summed E-state index contributed by atoms with van der Waals surface area (Å²) in [5.74, 6) is -0.242. The maximum Gasteiger partial charge on any atom is 0.158 e. The minimum absolute atomic E-state index is 0.0533. The fourth-order valence-electron chi connectivity index (χ4n) is 3.40. The summed E-state index contributed by atoms with van der Waals surface area (Å²) >= 11 is 3.31. The number of fused-ring (bicyclic) bond motifs is 1. The Bertz CT molecular complexity index is 721. The lowest BCUT2D eigenvalue weighted by Crippen LogP contribution is -2.62. The van der Waals surface area contributed by atoms with Crippen LogP contribution in [0.5, 0.6) is 5.75 Å². The van der Waals surface area contributed by atoms with Gasteiger partial charge in [-0.2, -0.15) is 0 Å². The van der Waals surface area contributed by atoms with Gasteiger partial charge in [-0.15, -0.1) is 0 Å². The zero-order valence-electron chi connectivity index (χ0n) is 15.5. The number of ketones is 1. The van der Waals surface area contributed by atoms with Gasteiger partial charge < -0.3 is 29.5 Å². The van der Waals surface area contributed by atoms with E-state index in [0.717, 1.165) is 10.9 Å². The number of ether oxygens (including phenoxy) is 3. The van der Waals surface area contributed by atoms with Crippen LogP contribution in [0.2, 0.25) is 0 Å². The molecule has 1 aromatic carbocycles. The van der Waals surface area contributed by atoms with E-state index in [9.17, 15) is 20.1 Å². The summed E-state index contributed by atoms with van der Waals surface area (Å²) in [6.07, 6.45) is -0.611. The molecular formula is C20H25BrO7. The second kappa shape index (κ2) is 9.47. The van der Waals surface area contributed by atoms with Crippen LogP contribution < -0.4 is 0 Å². The molecule has 2 aliphatic heterocycles. The molecule has 0 aromatic heterocycles. The highest BCUT2D eigenvalue weighted by atomic mass is 79.9. The average molecular weight is 457 g/mol. The summed E-state index contributed by atoms with van der Waals surface area (Å²) in [4.78, 5) is 12.3. The Morgan fingerprint density at radius 2 is 2.07 bits per heavy atom. The van der Waals surface area contributed by atoms with Crippen molar-refractivity contribution in [3.63, 3.8) is 0 Å². The number of phenols is 1. The van der Waals surface area contributed by atoms with Crippen LogP contribution >= 0.6 is 15.9 Å². The van der Waals surface area contributed by atoms with Gasteiger partial charge in [0.15, 0.2) is 12.1 Å². The molecule has 0 amide bonds. The van der Waals surface area contributed by atoms with E-state index >= 15 is 0 Å². The van der Waals surface area contributed by atoms with Gasteiger partial charge in [-0.25, -0.2) is 0 Å². The first-order valence-electron chi connectivity index (χ1n) is 9.37. The van der Waals surface area contributed by atoms with Crippen LogP contribution in [0.4, 0.5) is 0 Å². The predicted octanol–water partition coefficient (Wildman–Crippen LogP) is 2.16. The van der Waals surface area contributed by atoms with Crippen LogP contribution in [0.15, 0.2) is 28.7 Å². The van der Waals surface area contributed by atoms with Crippen LogP contribution in [0.1, 0.15) is 31.7 Å². The highest BCUT2D eigenvalue weighted by Gasteiger charge is 2.48. The Morgan fingerprint density at radius 3 is 2.82 bits per heavy atom. The van der Waals surface area contributed by atoms with E-state index in [0.29, 0.717) is 12.0 Å². The van der Waals surface area contributed by atoms with E-state index in [1.54, 1.807) is 12.1 Å². The van der Waals surface area contributed by atoms with Gasteiger partial charge in [0.05, 0.1) is 12.7 Å². The van der Waals surface area contributed by atoms with Crippen LogP contribution in [-0.4, -0.2) is 64.5 Å². The number of aliphatic hydroxyl groups is 2. The average Bonchev–Trinajstić information content (AvgIpc) is 2.67. The van der Waals surface area contributed by atoms with Crippen LogP contribution in [-0.2, 0) is 19.0 Å². The smallest absolute Gasteiger partial charge is 0.158 e. The van der Waals surface area contributed by atoms with Crippen molar-refractivity contribution in [2.24, 2.45) is 0 Å². The second-order valence-electron chi connectivity index (χ2n) is 7.05. The van der Waals surface area contributed by atoms with Crippen molar-refractivity contribution >= 4 is 27.8 Å². The molecule has 2 saturated heterocycles. The number of benzene rings is 1. The van der Waals surface area contributed by atoms with E-state index in [-0.39, 0.29) is 24.6 Å². The molecule has 0 spiro atoms. The Kier molecular flexibility index (Phi) is 7.25. The summed E-state index contributed by atoms with van der Waals surface area (Å²) in [5, 5.41) is 30.7. The van der Waals surface area contributed by atoms with Crippen LogP contribution in [0, 0.1) is 0 Å². The fraction of sp³-hybridized carbons (Fsp3) is 0.550. The van der Waals surface area contributed by atoms with Crippen molar-refractivity contribution in [3.05, 3.63) is 34.3 Å². The van der Waals surface area contributed by atoms with Gasteiger partial charge in [0.25, 0.3) is 0 Å². The monoisotopic (exact) mass is 456 g/mol. The highest BCUT2D eigenvalue weighted by molar-refractivity contribution is 9.10. The number of carbonyl (C=O) groups excluding carboxylic acids is 1. The number of carbonyl (C=O) groups is 1. The van der Waals surface area contributed by atoms with E-state index in [1.807, 2.05) is 6.92 Å². The molecule has 6 atom stereocenters. The number of rotatable bonds is 6. The Hall–Kier alpha value is -1.29. The number of hydrogen-bond donors (Lipinski definition) is 3. The lowest BCUT2D eigenvalue weighted by atomic mass is 9.91. The number of hydrogen-bond acceptors (Lipinski definition) is 7. The SMILES string of the molecule is CCCC1OC[C@H]2O[C@@H](CC(=O)/C=C/c3cc(Br)ccc3O)[C@H](O)[C@@H](O)[C@@H]2O1. The van der Waals surface area contributed by atoms with Crippen LogP contribution in [0.3, 0.4) is 0 Å². The highest BCUT2D eigenvalue weighted by Crippen LogP contribution is 2.31. The van der Waals surface area contributed by atoms with Crippen molar-refractivity contribution in [3.8, 4) is 5.75 Å². The molecule has 2 fully saturated rings. The summed E-state index contributed by atoms with van der Waals surface area (Å²) in [7, 11) is 0. The quantitative estimate of drug-likeness (QED) is 0.563. The molecule has 0 bridgehead atoms. The molecular weight excluding hydrogens is 432 g/mol. The van der Waals surface area contributed by atoms with Crippen molar-refractivity contribution in [2.45, 2.75) is 63.0 Å². The zero-order chi connectivity index (χ0) is 20.3. The maximum atomic E-state index is 12.3. The Balaban J connectivity index is 1.61. The first-order valence-corrected chi connectivity index (χ1v) is 10.2. The fourth-order valence-corrected chi connectivity index (χ4v) is 3.78. The molecule has 28 heavy (non-hydrogen) atoms. The number of phenolic OH excluding ortho intramolecular Hbond substituents is 1. The molecule has 3 N–H and O–H groups in total. The molecule has 1 unspecified atom stereocenters. The standard InChI is InChI=1S/C20H25BrO7/c1-2-3-17-26-10-16-20(28-17)19(25)18(24)15(27-16)9-13(22)6-4-11-8-12(21)5-7-14(11)23/h4-8,15-20,23-25H,2-3,9-10H2,1H3/b6-4+/t15-,16+,17?,18-,19+,20+/m0/s1. The van der Waals surface area contributed by atoms with Gasteiger partial charge in [-0.05, 0) is 36.8 Å². The number of halogens is 1. The van der Waals surface area contributed by atoms with E-state index in [1.165, 1.54) is 18.2 Å². The predicted molar refractivity (Wildman–Crippen MR) is 105 cm³/mol. The molecule has 2 heterocycles. The summed E-state index contributed by atoms with van der Waals surface area (Å²) in [6.45, 7) is 2.25. The maximum absolute atomic E-state index is 12.3. The minimum Gasteiger partial charge on any atom is -0.507 e. The lowest BCUT2D eigenvalue weighted by Gasteiger charge is -2.46.